The minimum absolute atomic E-state index is 0.0185. The number of rotatable bonds is 7. The number of fused-ring (bicyclic) bond motifs is 1. The Morgan fingerprint density at radius 2 is 1.97 bits per heavy atom. The van der Waals surface area contributed by atoms with Crippen molar-refractivity contribution in [1.29, 1.82) is 0 Å². The van der Waals surface area contributed by atoms with Crippen LogP contribution in [0.3, 0.4) is 0 Å². The predicted octanol–water partition coefficient (Wildman–Crippen LogP) is 5.56. The third-order valence-corrected chi connectivity index (χ3v) is 9.50. The standard InChI is InChI=1S/C28H43NO3/c1-20-11-14-25-27(2,16-8-17-28(25,3)26(30)31-4)23(20)13-12-21-15-18-32-24(21)19-29-22-9-6-5-7-10-22/h15,18,22-23,25,29H,1,5-14,16-17,19H2,2-4H3/p+1/t23-,25-,27+,28+/m0/s1. The number of nitrogens with two attached hydrogens (primary N) is 1. The Kier molecular flexibility index (Phi) is 7.19. The Hall–Kier alpha value is -1.55. The molecule has 1 heterocycles. The minimum Gasteiger partial charge on any atom is -0.469 e. The van der Waals surface area contributed by atoms with E-state index in [1.807, 2.05) is 6.26 Å². The number of carbonyl (C=O) groups is 1. The van der Waals surface area contributed by atoms with Gasteiger partial charge in [0.2, 0.25) is 0 Å². The maximum atomic E-state index is 12.8. The number of carbonyl (C=O) groups excluding carboxylic acids is 1. The van der Waals surface area contributed by atoms with Crippen molar-refractivity contribution < 1.29 is 19.3 Å². The number of esters is 1. The lowest BCUT2D eigenvalue weighted by molar-refractivity contribution is -0.708. The molecular formula is C28H44NO3+. The van der Waals surface area contributed by atoms with E-state index < -0.39 is 0 Å². The van der Waals surface area contributed by atoms with Crippen LogP contribution in [0.5, 0.6) is 0 Å². The van der Waals surface area contributed by atoms with E-state index in [2.05, 4.69) is 31.8 Å². The van der Waals surface area contributed by atoms with Crippen LogP contribution in [0.4, 0.5) is 0 Å². The molecule has 0 radical (unpaired) electrons. The lowest BCUT2D eigenvalue weighted by Crippen LogP contribution is -2.88. The van der Waals surface area contributed by atoms with Gasteiger partial charge >= 0.3 is 5.97 Å². The average Bonchev–Trinajstić information content (AvgIpc) is 3.24. The molecule has 4 heteroatoms. The molecule has 0 saturated heterocycles. The van der Waals surface area contributed by atoms with Crippen LogP contribution in [0, 0.1) is 22.7 Å². The zero-order valence-electron chi connectivity index (χ0n) is 20.6. The number of furan rings is 1. The number of hydrogen-bond acceptors (Lipinski definition) is 3. The van der Waals surface area contributed by atoms with Crippen molar-refractivity contribution in [3.05, 3.63) is 35.8 Å². The highest BCUT2D eigenvalue weighted by atomic mass is 16.5. The first kappa shape index (κ1) is 23.6. The van der Waals surface area contributed by atoms with Gasteiger partial charge in [-0.1, -0.05) is 31.9 Å². The maximum absolute atomic E-state index is 12.8. The van der Waals surface area contributed by atoms with E-state index in [1.165, 1.54) is 49.7 Å². The fourth-order valence-corrected chi connectivity index (χ4v) is 7.67. The van der Waals surface area contributed by atoms with Gasteiger partial charge in [-0.05, 0) is 100 Å². The average molecular weight is 443 g/mol. The molecular weight excluding hydrogens is 398 g/mol. The van der Waals surface area contributed by atoms with Crippen LogP contribution in [0.15, 0.2) is 28.9 Å². The largest absolute Gasteiger partial charge is 0.469 e. The summed E-state index contributed by atoms with van der Waals surface area (Å²) in [5.74, 6) is 1.96. The van der Waals surface area contributed by atoms with Gasteiger partial charge in [0.25, 0.3) is 0 Å². The highest BCUT2D eigenvalue weighted by Gasteiger charge is 2.57. The van der Waals surface area contributed by atoms with Gasteiger partial charge in [-0.2, -0.15) is 0 Å². The number of allylic oxidation sites excluding steroid dienone is 1. The van der Waals surface area contributed by atoms with Crippen LogP contribution in [0.25, 0.3) is 0 Å². The van der Waals surface area contributed by atoms with Crippen molar-refractivity contribution in [1.82, 2.24) is 0 Å². The molecule has 0 aliphatic heterocycles. The van der Waals surface area contributed by atoms with Crippen LogP contribution >= 0.6 is 0 Å². The molecule has 178 valence electrons. The molecule has 1 aromatic rings. The number of methoxy groups -OCH3 is 1. The zero-order chi connectivity index (χ0) is 22.8. The first-order chi connectivity index (χ1) is 15.4. The minimum atomic E-state index is -0.365. The van der Waals surface area contributed by atoms with Gasteiger partial charge in [0.1, 0.15) is 6.54 Å². The van der Waals surface area contributed by atoms with Crippen molar-refractivity contribution in [2.75, 3.05) is 7.11 Å². The first-order valence-corrected chi connectivity index (χ1v) is 13.0. The first-order valence-electron chi connectivity index (χ1n) is 13.0. The second-order valence-corrected chi connectivity index (χ2v) is 11.3. The SMILES string of the molecule is C=C1CC[C@H]2[C@](C)(CCC[C@@]2(C)C(=O)OC)[C@H]1CCc1ccoc1C[NH2+]C1CCCCC1. The molecule has 3 aliphatic carbocycles. The van der Waals surface area contributed by atoms with Gasteiger partial charge < -0.3 is 14.5 Å². The van der Waals surface area contributed by atoms with Gasteiger partial charge in [0.15, 0.2) is 5.76 Å². The molecule has 32 heavy (non-hydrogen) atoms. The van der Waals surface area contributed by atoms with E-state index in [-0.39, 0.29) is 16.8 Å². The molecule has 1 aromatic heterocycles. The zero-order valence-corrected chi connectivity index (χ0v) is 20.6. The second kappa shape index (κ2) is 9.75. The molecule has 2 N–H and O–H groups in total. The molecule has 0 aromatic carbocycles. The highest BCUT2D eigenvalue weighted by molar-refractivity contribution is 5.77. The van der Waals surface area contributed by atoms with E-state index >= 15 is 0 Å². The van der Waals surface area contributed by atoms with Crippen LogP contribution < -0.4 is 5.32 Å². The van der Waals surface area contributed by atoms with Crippen LogP contribution in [-0.2, 0) is 22.5 Å². The topological polar surface area (TPSA) is 56.0 Å². The van der Waals surface area contributed by atoms with Gasteiger partial charge in [-0.15, -0.1) is 0 Å². The number of hydrogen-bond donors (Lipinski definition) is 1. The summed E-state index contributed by atoms with van der Waals surface area (Å²) in [6.07, 6.45) is 16.2. The van der Waals surface area contributed by atoms with Crippen LogP contribution in [-0.4, -0.2) is 19.1 Å². The van der Waals surface area contributed by atoms with Crippen LogP contribution in [0.1, 0.15) is 95.8 Å². The Morgan fingerprint density at radius 3 is 2.72 bits per heavy atom. The molecule has 0 spiro atoms. The summed E-state index contributed by atoms with van der Waals surface area (Å²) < 4.78 is 11.2. The third-order valence-electron chi connectivity index (χ3n) is 9.50. The van der Waals surface area contributed by atoms with E-state index in [9.17, 15) is 4.79 Å². The van der Waals surface area contributed by atoms with Gasteiger partial charge in [-0.25, -0.2) is 0 Å². The van der Waals surface area contributed by atoms with Crippen molar-refractivity contribution in [3.8, 4) is 0 Å². The van der Waals surface area contributed by atoms with E-state index in [0.29, 0.717) is 11.8 Å². The Labute approximate surface area is 194 Å². The predicted molar refractivity (Wildman–Crippen MR) is 127 cm³/mol. The summed E-state index contributed by atoms with van der Waals surface area (Å²) >= 11 is 0. The molecule has 4 rings (SSSR count). The van der Waals surface area contributed by atoms with E-state index in [4.69, 9.17) is 9.15 Å². The van der Waals surface area contributed by atoms with Gasteiger partial charge in [-0.3, -0.25) is 4.79 Å². The number of quaternary nitrogens is 1. The maximum Gasteiger partial charge on any atom is 0.311 e. The summed E-state index contributed by atoms with van der Waals surface area (Å²) in [5, 5.41) is 2.50. The molecule has 0 amide bonds. The summed E-state index contributed by atoms with van der Waals surface area (Å²) in [7, 11) is 1.55. The lowest BCUT2D eigenvalue weighted by Gasteiger charge is -2.57. The van der Waals surface area contributed by atoms with Crippen molar-refractivity contribution in [3.63, 3.8) is 0 Å². The lowest BCUT2D eigenvalue weighted by atomic mass is 9.46. The Morgan fingerprint density at radius 1 is 1.19 bits per heavy atom. The monoisotopic (exact) mass is 442 g/mol. The van der Waals surface area contributed by atoms with Crippen molar-refractivity contribution in [2.45, 2.75) is 103 Å². The number of aryl methyl sites for hydroxylation is 1. The van der Waals surface area contributed by atoms with E-state index in [0.717, 1.165) is 56.9 Å². The summed E-state index contributed by atoms with van der Waals surface area (Å²) in [6, 6.07) is 2.94. The Balaban J connectivity index is 1.44. The van der Waals surface area contributed by atoms with Gasteiger partial charge in [0.05, 0.1) is 24.8 Å². The molecule has 0 unspecified atom stereocenters. The molecule has 3 fully saturated rings. The molecule has 3 saturated carbocycles. The molecule has 0 bridgehead atoms. The number of ether oxygens (including phenoxy) is 1. The molecule has 4 nitrogen and oxygen atoms in total. The van der Waals surface area contributed by atoms with E-state index in [1.54, 1.807) is 7.11 Å². The van der Waals surface area contributed by atoms with Gasteiger partial charge in [0, 0.05) is 0 Å². The second-order valence-electron chi connectivity index (χ2n) is 11.3. The van der Waals surface area contributed by atoms with Crippen molar-refractivity contribution in [2.24, 2.45) is 22.7 Å². The fourth-order valence-electron chi connectivity index (χ4n) is 7.67. The smallest absolute Gasteiger partial charge is 0.311 e. The van der Waals surface area contributed by atoms with Crippen LogP contribution in [0.2, 0.25) is 0 Å². The molecule has 3 aliphatic rings. The molecule has 4 atom stereocenters. The normalized spacial score (nSPS) is 33.7. The highest BCUT2D eigenvalue weighted by Crippen LogP contribution is 2.62. The Bertz CT molecular complexity index is 807. The summed E-state index contributed by atoms with van der Waals surface area (Å²) in [4.78, 5) is 12.8. The summed E-state index contributed by atoms with van der Waals surface area (Å²) in [6.45, 7) is 10.1. The summed E-state index contributed by atoms with van der Waals surface area (Å²) in [5.41, 5.74) is 2.50. The third kappa shape index (κ3) is 4.44. The quantitative estimate of drug-likeness (QED) is 0.444. The fraction of sp³-hybridized carbons (Fsp3) is 0.750. The van der Waals surface area contributed by atoms with Crippen molar-refractivity contribution >= 4 is 5.97 Å².